The highest BCUT2D eigenvalue weighted by Gasteiger charge is 2.22. The van der Waals surface area contributed by atoms with E-state index in [2.05, 4.69) is 58.5 Å². The van der Waals surface area contributed by atoms with Crippen LogP contribution in [0.5, 0.6) is 0 Å². The molecule has 1 aliphatic rings. The minimum Gasteiger partial charge on any atom is -0.324 e. The van der Waals surface area contributed by atoms with Crippen molar-refractivity contribution in [1.29, 1.82) is 0 Å². The molecule has 35 heavy (non-hydrogen) atoms. The molecule has 3 N–H and O–H groups in total. The number of rotatable bonds is 7. The standard InChI is InChI=1S/C26H30N8O/c1-5-12-33-24(35)21-16-30-25(31-19-7-6-18-15-28-10-8-17(18)13-19)32-23(21)34(33)20-9-11-29-22(14-20)26(2,3)27-4/h5-7,9,11,13-14,16,27-28H,1,8,10,12,15H2,2-4H3,(H,30,31,32). The van der Waals surface area contributed by atoms with Gasteiger partial charge in [0.2, 0.25) is 5.95 Å². The molecule has 0 amide bonds. The maximum atomic E-state index is 13.2. The Kier molecular flexibility index (Phi) is 5.96. The van der Waals surface area contributed by atoms with E-state index in [0.29, 0.717) is 23.5 Å². The molecular formula is C26H30N8O. The molecule has 0 bridgehead atoms. The lowest BCUT2D eigenvalue weighted by Crippen LogP contribution is -2.34. The molecule has 0 fully saturated rings. The first kappa shape index (κ1) is 22.9. The maximum Gasteiger partial charge on any atom is 0.278 e. The number of anilines is 2. The number of benzene rings is 1. The fourth-order valence-electron chi connectivity index (χ4n) is 4.34. The van der Waals surface area contributed by atoms with Crippen molar-refractivity contribution < 1.29 is 0 Å². The minimum absolute atomic E-state index is 0.168. The van der Waals surface area contributed by atoms with E-state index in [1.54, 1.807) is 23.2 Å². The molecule has 9 nitrogen and oxygen atoms in total. The monoisotopic (exact) mass is 470 g/mol. The fraction of sp³-hybridized carbons (Fsp3) is 0.308. The molecule has 4 heterocycles. The second-order valence-corrected chi connectivity index (χ2v) is 9.23. The fourth-order valence-corrected chi connectivity index (χ4v) is 4.34. The molecule has 180 valence electrons. The van der Waals surface area contributed by atoms with Crippen LogP contribution in [0, 0.1) is 0 Å². The summed E-state index contributed by atoms with van der Waals surface area (Å²) in [6.07, 6.45) is 6.03. The van der Waals surface area contributed by atoms with Gasteiger partial charge in [-0.05, 0) is 69.3 Å². The van der Waals surface area contributed by atoms with E-state index in [4.69, 9.17) is 4.98 Å². The Hall–Kier alpha value is -3.82. The van der Waals surface area contributed by atoms with E-state index in [9.17, 15) is 4.79 Å². The van der Waals surface area contributed by atoms with Crippen LogP contribution in [0.1, 0.15) is 30.7 Å². The minimum atomic E-state index is -0.341. The Bertz CT molecular complexity index is 1470. The topological polar surface area (TPSA) is 102 Å². The summed E-state index contributed by atoms with van der Waals surface area (Å²) >= 11 is 0. The van der Waals surface area contributed by atoms with Crippen LogP contribution in [0.3, 0.4) is 0 Å². The van der Waals surface area contributed by atoms with Crippen LogP contribution in [0.15, 0.2) is 60.2 Å². The lowest BCUT2D eigenvalue weighted by molar-refractivity contribution is 0.431. The highest BCUT2D eigenvalue weighted by atomic mass is 16.1. The van der Waals surface area contributed by atoms with Gasteiger partial charge in [-0.25, -0.2) is 14.3 Å². The molecule has 0 unspecified atom stereocenters. The van der Waals surface area contributed by atoms with Gasteiger partial charge in [0.05, 0.1) is 23.5 Å². The summed E-state index contributed by atoms with van der Waals surface area (Å²) in [5, 5.41) is 10.4. The van der Waals surface area contributed by atoms with Crippen LogP contribution >= 0.6 is 0 Å². The molecule has 1 aliphatic heterocycles. The van der Waals surface area contributed by atoms with Crippen molar-refractivity contribution in [3.63, 3.8) is 0 Å². The Labute approximate surface area is 203 Å². The third-order valence-electron chi connectivity index (χ3n) is 6.58. The van der Waals surface area contributed by atoms with E-state index >= 15 is 0 Å². The van der Waals surface area contributed by atoms with Gasteiger partial charge in [-0.1, -0.05) is 12.1 Å². The van der Waals surface area contributed by atoms with Crippen molar-refractivity contribution in [2.75, 3.05) is 18.9 Å². The zero-order chi connectivity index (χ0) is 24.6. The molecular weight excluding hydrogens is 440 g/mol. The smallest absolute Gasteiger partial charge is 0.278 e. The number of pyridine rings is 1. The van der Waals surface area contributed by atoms with Gasteiger partial charge in [-0.3, -0.25) is 9.78 Å². The molecule has 0 saturated carbocycles. The van der Waals surface area contributed by atoms with Crippen LogP contribution in [-0.2, 0) is 25.0 Å². The SMILES string of the molecule is C=CCn1c(=O)c2cnc(Nc3ccc4c(c3)CCNC4)nc2n1-c1ccnc(C(C)(C)NC)c1. The number of nitrogens with one attached hydrogen (secondary N) is 3. The quantitative estimate of drug-likeness (QED) is 0.357. The average molecular weight is 471 g/mol. The normalized spacial score (nSPS) is 13.6. The number of hydrogen-bond donors (Lipinski definition) is 3. The van der Waals surface area contributed by atoms with Gasteiger partial charge in [-0.15, -0.1) is 6.58 Å². The Morgan fingerprint density at radius 1 is 1.20 bits per heavy atom. The Morgan fingerprint density at radius 3 is 2.86 bits per heavy atom. The van der Waals surface area contributed by atoms with Crippen LogP contribution in [0.25, 0.3) is 16.7 Å². The third kappa shape index (κ3) is 4.24. The van der Waals surface area contributed by atoms with Crippen molar-refractivity contribution in [3.8, 4) is 5.69 Å². The van der Waals surface area contributed by atoms with Crippen molar-refractivity contribution in [1.82, 2.24) is 34.9 Å². The summed E-state index contributed by atoms with van der Waals surface area (Å²) in [5.74, 6) is 0.431. The summed E-state index contributed by atoms with van der Waals surface area (Å²) in [7, 11) is 1.90. The number of allylic oxidation sites excluding steroid dienone is 1. The van der Waals surface area contributed by atoms with Gasteiger partial charge in [0, 0.05) is 24.6 Å². The van der Waals surface area contributed by atoms with Crippen LogP contribution in [-0.4, -0.2) is 37.9 Å². The van der Waals surface area contributed by atoms with Gasteiger partial charge in [-0.2, -0.15) is 4.98 Å². The predicted molar refractivity (Wildman–Crippen MR) is 138 cm³/mol. The molecule has 4 aromatic rings. The van der Waals surface area contributed by atoms with Crippen molar-refractivity contribution in [2.24, 2.45) is 0 Å². The molecule has 0 atom stereocenters. The molecule has 0 saturated heterocycles. The second-order valence-electron chi connectivity index (χ2n) is 9.23. The summed E-state index contributed by atoms with van der Waals surface area (Å²) in [6.45, 7) is 10.1. The first-order valence-corrected chi connectivity index (χ1v) is 11.8. The number of fused-ring (bicyclic) bond motifs is 2. The Morgan fingerprint density at radius 2 is 2.06 bits per heavy atom. The summed E-state index contributed by atoms with van der Waals surface area (Å²) in [4.78, 5) is 27.0. The van der Waals surface area contributed by atoms with Gasteiger partial charge in [0.15, 0.2) is 5.65 Å². The van der Waals surface area contributed by atoms with Gasteiger partial charge < -0.3 is 16.0 Å². The maximum absolute atomic E-state index is 13.2. The predicted octanol–water partition coefficient (Wildman–Crippen LogP) is 3.01. The van der Waals surface area contributed by atoms with Crippen molar-refractivity contribution >= 4 is 22.7 Å². The van der Waals surface area contributed by atoms with Gasteiger partial charge in [0.1, 0.15) is 5.39 Å². The number of hydrogen-bond acceptors (Lipinski definition) is 7. The van der Waals surface area contributed by atoms with Crippen LogP contribution in [0.2, 0.25) is 0 Å². The second kappa shape index (κ2) is 9.09. The molecule has 0 aliphatic carbocycles. The molecule has 3 aromatic heterocycles. The summed E-state index contributed by atoms with van der Waals surface area (Å²) in [6, 6.07) is 10.2. The summed E-state index contributed by atoms with van der Waals surface area (Å²) in [5.41, 5.74) is 5.21. The zero-order valence-electron chi connectivity index (χ0n) is 20.3. The third-order valence-corrected chi connectivity index (χ3v) is 6.58. The van der Waals surface area contributed by atoms with Gasteiger partial charge in [0.25, 0.3) is 5.56 Å². The highest BCUT2D eigenvalue weighted by molar-refractivity contribution is 5.77. The largest absolute Gasteiger partial charge is 0.324 e. The number of nitrogens with zero attached hydrogens (tertiary/aromatic N) is 5. The lowest BCUT2D eigenvalue weighted by atomic mass is 10.00. The first-order chi connectivity index (χ1) is 16.9. The number of aromatic nitrogens is 5. The molecule has 9 heteroatoms. The van der Waals surface area contributed by atoms with Crippen LogP contribution in [0.4, 0.5) is 11.6 Å². The highest BCUT2D eigenvalue weighted by Crippen LogP contribution is 2.24. The molecule has 0 radical (unpaired) electrons. The molecule has 5 rings (SSSR count). The van der Waals surface area contributed by atoms with Crippen molar-refractivity contribution in [2.45, 2.75) is 38.9 Å². The molecule has 0 spiro atoms. The lowest BCUT2D eigenvalue weighted by Gasteiger charge is -2.24. The van der Waals surface area contributed by atoms with E-state index in [1.807, 2.05) is 29.9 Å². The van der Waals surface area contributed by atoms with Crippen LogP contribution < -0.4 is 21.5 Å². The van der Waals surface area contributed by atoms with Crippen molar-refractivity contribution in [3.05, 3.63) is 82.6 Å². The van der Waals surface area contributed by atoms with E-state index in [1.165, 1.54) is 11.1 Å². The average Bonchev–Trinajstić information content (AvgIpc) is 3.15. The van der Waals surface area contributed by atoms with Gasteiger partial charge >= 0.3 is 0 Å². The van der Waals surface area contributed by atoms with E-state index in [0.717, 1.165) is 36.6 Å². The van der Waals surface area contributed by atoms with E-state index in [-0.39, 0.29) is 11.1 Å². The molecule has 1 aromatic carbocycles. The summed E-state index contributed by atoms with van der Waals surface area (Å²) < 4.78 is 3.44. The first-order valence-electron chi connectivity index (χ1n) is 11.8. The zero-order valence-corrected chi connectivity index (χ0v) is 20.3. The Balaban J connectivity index is 1.61. The van der Waals surface area contributed by atoms with E-state index < -0.39 is 0 Å².